The normalized spacial score (nSPS) is 10.2. The first-order valence-corrected chi connectivity index (χ1v) is 10.5. The average Bonchev–Trinajstić information content (AvgIpc) is 2.86. The van der Waals surface area contributed by atoms with Gasteiger partial charge < -0.3 is 19.5 Å². The first-order valence-electron chi connectivity index (χ1n) is 10.2. The highest BCUT2D eigenvalue weighted by Crippen LogP contribution is 2.38. The predicted octanol–water partition coefficient (Wildman–Crippen LogP) is 4.11. The van der Waals surface area contributed by atoms with Crippen LogP contribution in [-0.4, -0.2) is 43.4 Å². The van der Waals surface area contributed by atoms with Gasteiger partial charge in [-0.05, 0) is 30.7 Å². The molecule has 1 aromatic heterocycles. The first-order chi connectivity index (χ1) is 16.4. The number of ether oxygens (including phenoxy) is 2. The number of anilines is 1. The highest BCUT2D eigenvalue weighted by Gasteiger charge is 2.25. The number of aryl methyl sites for hydroxylation is 1. The van der Waals surface area contributed by atoms with E-state index in [1.807, 2.05) is 31.2 Å². The van der Waals surface area contributed by atoms with Crippen LogP contribution < -0.4 is 14.4 Å². The number of nitriles is 2. The van der Waals surface area contributed by atoms with Crippen LogP contribution in [0.25, 0.3) is 11.1 Å². The molecule has 3 rings (SSSR count). The molecule has 0 aliphatic rings. The average molecular weight is 477 g/mol. The van der Waals surface area contributed by atoms with Gasteiger partial charge in [0.25, 0.3) is 5.91 Å². The molecule has 0 saturated heterocycles. The third-order valence-electron chi connectivity index (χ3n) is 5.14. The number of benzene rings is 2. The number of hydrogen-bond acceptors (Lipinski definition) is 7. The van der Waals surface area contributed by atoms with Crippen LogP contribution in [0.3, 0.4) is 0 Å². The maximum atomic E-state index is 13.7. The molecule has 0 aliphatic carbocycles. The van der Waals surface area contributed by atoms with Gasteiger partial charge in [0.05, 0.1) is 41.6 Å². The summed E-state index contributed by atoms with van der Waals surface area (Å²) in [5.41, 5.74) is 2.58. The number of aromatic nitrogens is 1. The van der Waals surface area contributed by atoms with Crippen molar-refractivity contribution >= 4 is 23.2 Å². The molecule has 0 spiro atoms. The van der Waals surface area contributed by atoms with Gasteiger partial charge in [-0.15, -0.1) is 0 Å². The Morgan fingerprint density at radius 2 is 1.94 bits per heavy atom. The van der Waals surface area contributed by atoms with Gasteiger partial charge in [-0.3, -0.25) is 4.79 Å². The van der Waals surface area contributed by atoms with Gasteiger partial charge in [-0.1, -0.05) is 23.7 Å². The standard InChI is InChI=1S/C25H21ClN4O4/c1-15-5-4-6-22(33-3)24(15)30(2)25(32)19-10-18(21(26)11-23(19)34-8-7-31)20-14-29-17(13-28)9-16(20)12-27/h4-6,9-11,14,31H,7-8H2,1-3H3. The Hall–Kier alpha value is -4.11. The van der Waals surface area contributed by atoms with Crippen molar-refractivity contribution in [3.63, 3.8) is 0 Å². The van der Waals surface area contributed by atoms with Gasteiger partial charge in [-0.25, -0.2) is 4.98 Å². The summed E-state index contributed by atoms with van der Waals surface area (Å²) < 4.78 is 11.1. The van der Waals surface area contributed by atoms with E-state index in [4.69, 9.17) is 26.3 Å². The topological polar surface area (TPSA) is 119 Å². The quantitative estimate of drug-likeness (QED) is 0.544. The van der Waals surface area contributed by atoms with Gasteiger partial charge >= 0.3 is 0 Å². The monoisotopic (exact) mass is 476 g/mol. The van der Waals surface area contributed by atoms with Crippen molar-refractivity contribution in [2.45, 2.75) is 6.92 Å². The van der Waals surface area contributed by atoms with Crippen molar-refractivity contribution in [1.29, 1.82) is 10.5 Å². The van der Waals surface area contributed by atoms with Crippen LogP contribution in [0.5, 0.6) is 11.5 Å². The number of rotatable bonds is 7. The second-order valence-electron chi connectivity index (χ2n) is 7.23. The second kappa shape index (κ2) is 10.7. The Labute approximate surface area is 202 Å². The lowest BCUT2D eigenvalue weighted by Gasteiger charge is -2.24. The number of nitrogens with zero attached hydrogens (tertiary/aromatic N) is 4. The number of aliphatic hydroxyl groups is 1. The number of para-hydroxylation sites is 1. The van der Waals surface area contributed by atoms with E-state index in [-0.39, 0.29) is 40.8 Å². The molecule has 172 valence electrons. The van der Waals surface area contributed by atoms with Gasteiger partial charge in [0.1, 0.15) is 29.9 Å². The summed E-state index contributed by atoms with van der Waals surface area (Å²) in [7, 11) is 3.13. The summed E-state index contributed by atoms with van der Waals surface area (Å²) >= 11 is 6.50. The number of methoxy groups -OCH3 is 1. The van der Waals surface area contributed by atoms with Gasteiger partial charge in [0.2, 0.25) is 0 Å². The predicted molar refractivity (Wildman–Crippen MR) is 127 cm³/mol. The fourth-order valence-corrected chi connectivity index (χ4v) is 3.79. The summed E-state index contributed by atoms with van der Waals surface area (Å²) in [6, 6.07) is 13.7. The molecular weight excluding hydrogens is 456 g/mol. The molecular formula is C25H21ClN4O4. The maximum Gasteiger partial charge on any atom is 0.261 e. The van der Waals surface area contributed by atoms with Crippen molar-refractivity contribution in [1.82, 2.24) is 4.98 Å². The number of pyridine rings is 1. The molecule has 9 heteroatoms. The van der Waals surface area contributed by atoms with Crippen molar-refractivity contribution in [2.75, 3.05) is 32.3 Å². The molecule has 0 radical (unpaired) electrons. The van der Waals surface area contributed by atoms with Crippen LogP contribution in [0.15, 0.2) is 42.6 Å². The largest absolute Gasteiger partial charge is 0.495 e. The van der Waals surface area contributed by atoms with E-state index in [0.29, 0.717) is 22.6 Å². The second-order valence-corrected chi connectivity index (χ2v) is 7.64. The van der Waals surface area contributed by atoms with Crippen LogP contribution in [0.2, 0.25) is 5.02 Å². The Morgan fingerprint density at radius 1 is 1.18 bits per heavy atom. The van der Waals surface area contributed by atoms with E-state index in [9.17, 15) is 15.2 Å². The van der Waals surface area contributed by atoms with Gasteiger partial charge in [0.15, 0.2) is 0 Å². The fourth-order valence-electron chi connectivity index (χ4n) is 3.54. The molecule has 0 bridgehead atoms. The van der Waals surface area contributed by atoms with Crippen LogP contribution in [0, 0.1) is 29.6 Å². The van der Waals surface area contributed by atoms with Crippen molar-refractivity contribution in [3.8, 4) is 34.8 Å². The lowest BCUT2D eigenvalue weighted by atomic mass is 9.98. The van der Waals surface area contributed by atoms with Crippen molar-refractivity contribution in [3.05, 3.63) is 70.0 Å². The summed E-state index contributed by atoms with van der Waals surface area (Å²) in [6.45, 7) is 1.56. The van der Waals surface area contributed by atoms with Crippen LogP contribution in [0.1, 0.15) is 27.2 Å². The molecule has 2 aromatic carbocycles. The van der Waals surface area contributed by atoms with E-state index in [1.165, 1.54) is 36.4 Å². The molecule has 1 heterocycles. The lowest BCUT2D eigenvalue weighted by molar-refractivity contribution is 0.0986. The Kier molecular flexibility index (Phi) is 7.70. The third kappa shape index (κ3) is 4.79. The summed E-state index contributed by atoms with van der Waals surface area (Å²) in [5, 5.41) is 28.1. The van der Waals surface area contributed by atoms with Gasteiger partial charge in [0, 0.05) is 30.4 Å². The highest BCUT2D eigenvalue weighted by atomic mass is 35.5. The Balaban J connectivity index is 2.19. The number of amides is 1. The van der Waals surface area contributed by atoms with Gasteiger partial charge in [-0.2, -0.15) is 10.5 Å². The minimum Gasteiger partial charge on any atom is -0.495 e. The first kappa shape index (κ1) is 24.5. The number of carbonyl (C=O) groups excluding carboxylic acids is 1. The number of aliphatic hydroxyl groups excluding tert-OH is 1. The SMILES string of the molecule is COc1cccc(C)c1N(C)C(=O)c1cc(-c2cnc(C#N)cc2C#N)c(Cl)cc1OCCO. The molecule has 8 nitrogen and oxygen atoms in total. The van der Waals surface area contributed by atoms with Crippen LogP contribution in [0.4, 0.5) is 5.69 Å². The zero-order chi connectivity index (χ0) is 24.8. The van der Waals surface area contributed by atoms with E-state index in [1.54, 1.807) is 13.1 Å². The highest BCUT2D eigenvalue weighted by molar-refractivity contribution is 6.34. The molecule has 1 N–H and O–H groups in total. The minimum atomic E-state index is -0.418. The fraction of sp³-hybridized carbons (Fsp3) is 0.200. The zero-order valence-corrected chi connectivity index (χ0v) is 19.6. The molecule has 0 saturated carbocycles. The van der Waals surface area contributed by atoms with Crippen LogP contribution >= 0.6 is 11.6 Å². The molecule has 0 unspecified atom stereocenters. The molecule has 3 aromatic rings. The Morgan fingerprint density at radius 3 is 2.59 bits per heavy atom. The van der Waals surface area contributed by atoms with E-state index < -0.39 is 5.91 Å². The summed E-state index contributed by atoms with van der Waals surface area (Å²) in [5.74, 6) is 0.275. The number of halogens is 1. The van der Waals surface area contributed by atoms with Crippen molar-refractivity contribution in [2.24, 2.45) is 0 Å². The molecule has 0 fully saturated rings. The Bertz CT molecular complexity index is 1330. The van der Waals surface area contributed by atoms with E-state index in [2.05, 4.69) is 4.98 Å². The van der Waals surface area contributed by atoms with E-state index >= 15 is 0 Å². The summed E-state index contributed by atoms with van der Waals surface area (Å²) in [4.78, 5) is 19.1. The van der Waals surface area contributed by atoms with Crippen LogP contribution in [-0.2, 0) is 0 Å². The molecule has 0 atom stereocenters. The third-order valence-corrected chi connectivity index (χ3v) is 5.45. The smallest absolute Gasteiger partial charge is 0.261 e. The maximum absolute atomic E-state index is 13.7. The number of carbonyl (C=O) groups is 1. The lowest BCUT2D eigenvalue weighted by Crippen LogP contribution is -2.28. The molecule has 34 heavy (non-hydrogen) atoms. The van der Waals surface area contributed by atoms with E-state index in [0.717, 1.165) is 5.56 Å². The minimum absolute atomic E-state index is 0.0464. The number of hydrogen-bond donors (Lipinski definition) is 1. The molecule has 0 aliphatic heterocycles. The zero-order valence-electron chi connectivity index (χ0n) is 18.8. The van der Waals surface area contributed by atoms with Crippen molar-refractivity contribution < 1.29 is 19.4 Å². The summed E-state index contributed by atoms with van der Waals surface area (Å²) in [6.07, 6.45) is 1.37. The molecule has 1 amide bonds.